The molecule has 0 spiro atoms. The third-order valence-corrected chi connectivity index (χ3v) is 18.3. The van der Waals surface area contributed by atoms with Crippen molar-refractivity contribution in [3.8, 4) is 33.4 Å². The Kier molecular flexibility index (Phi) is 8.90. The molecule has 7 rings (SSSR count). The molecule has 0 radical (unpaired) electrons. The average Bonchev–Trinajstić information content (AvgIpc) is 3.75. The van der Waals surface area contributed by atoms with Gasteiger partial charge in [-0.3, -0.25) is 0 Å². The molecule has 2 aliphatic rings. The van der Waals surface area contributed by atoms with Crippen LogP contribution in [0.2, 0.25) is 0 Å². The number of benzene rings is 5. The van der Waals surface area contributed by atoms with Gasteiger partial charge in [-0.15, -0.1) is 0 Å². The van der Waals surface area contributed by atoms with Crippen molar-refractivity contribution in [2.75, 3.05) is 0 Å². The van der Waals surface area contributed by atoms with Crippen molar-refractivity contribution < 1.29 is 21.3 Å². The average molecular weight is 718 g/mol. The van der Waals surface area contributed by atoms with Crippen molar-refractivity contribution in [2.24, 2.45) is 0 Å². The predicted molar refractivity (Wildman–Crippen MR) is 210 cm³/mol. The molecular weight excluding hydrogens is 668 g/mol. The second-order valence-corrected chi connectivity index (χ2v) is 22.2. The van der Waals surface area contributed by atoms with Crippen molar-refractivity contribution >= 4 is 6.98 Å². The molecule has 0 aliphatic heterocycles. The second-order valence-electron chi connectivity index (χ2n) is 16.6. The molecule has 0 atom stereocenters. The van der Waals surface area contributed by atoms with Gasteiger partial charge in [0.2, 0.25) is 0 Å². The van der Waals surface area contributed by atoms with Gasteiger partial charge in [0.15, 0.2) is 0 Å². The van der Waals surface area contributed by atoms with Gasteiger partial charge in [0.05, 0.1) is 0 Å². The molecule has 0 amide bonds. The SMILES string of the molecule is CC(C)(C)c1cc2c(cc1-c1ccccc1)Cc1c-2cc(C(C)(C)C)c(-c2ccccc2)[c]1/[Zr](=[CH]\C(C)(C)c1ccccc1)[C]1=CC=CC1. The van der Waals surface area contributed by atoms with Gasteiger partial charge in [0.25, 0.3) is 0 Å². The van der Waals surface area contributed by atoms with E-state index in [1.54, 1.807) is 12.1 Å². The molecule has 49 heavy (non-hydrogen) atoms. The first-order chi connectivity index (χ1) is 23.3. The van der Waals surface area contributed by atoms with E-state index in [0.29, 0.717) is 0 Å². The molecule has 0 bridgehead atoms. The third-order valence-electron chi connectivity index (χ3n) is 10.5. The Morgan fingerprint density at radius 2 is 1.16 bits per heavy atom. The van der Waals surface area contributed by atoms with Crippen molar-refractivity contribution in [3.63, 3.8) is 0 Å². The van der Waals surface area contributed by atoms with Crippen LogP contribution in [0.4, 0.5) is 0 Å². The van der Waals surface area contributed by atoms with Gasteiger partial charge in [-0.25, -0.2) is 0 Å². The number of allylic oxidation sites excluding steroid dienone is 4. The van der Waals surface area contributed by atoms with Crippen LogP contribution in [-0.4, -0.2) is 3.71 Å². The molecule has 2 aliphatic carbocycles. The summed E-state index contributed by atoms with van der Waals surface area (Å²) < 4.78 is 6.22. The van der Waals surface area contributed by atoms with Crippen molar-refractivity contribution in [2.45, 2.75) is 84.5 Å². The number of fused-ring (bicyclic) bond motifs is 3. The zero-order valence-corrected chi connectivity index (χ0v) is 33.1. The van der Waals surface area contributed by atoms with Crippen LogP contribution in [-0.2, 0) is 43.9 Å². The van der Waals surface area contributed by atoms with E-state index in [2.05, 4.69) is 187 Å². The Bertz CT molecular complexity index is 2110. The summed E-state index contributed by atoms with van der Waals surface area (Å²) in [6.45, 7) is 19.2. The van der Waals surface area contributed by atoms with Crippen LogP contribution in [0.1, 0.15) is 89.6 Å². The van der Waals surface area contributed by atoms with Gasteiger partial charge in [-0.05, 0) is 0 Å². The molecule has 0 aromatic heterocycles. The first-order valence-electron chi connectivity index (χ1n) is 18.0. The molecule has 5 aromatic rings. The summed E-state index contributed by atoms with van der Waals surface area (Å²) in [5, 5.41) is 0. The van der Waals surface area contributed by atoms with Gasteiger partial charge in [-0.2, -0.15) is 0 Å². The summed E-state index contributed by atoms with van der Waals surface area (Å²) in [4.78, 5) is 0. The maximum absolute atomic E-state index is 2.86. The molecule has 0 N–H and O–H groups in total. The summed E-state index contributed by atoms with van der Waals surface area (Å²) in [5.74, 6) is 0. The van der Waals surface area contributed by atoms with E-state index in [1.807, 2.05) is 0 Å². The monoisotopic (exact) mass is 716 g/mol. The third kappa shape index (κ3) is 6.53. The summed E-state index contributed by atoms with van der Waals surface area (Å²) in [6, 6.07) is 41.3. The molecule has 0 nitrogen and oxygen atoms in total. The Labute approximate surface area is 302 Å². The second kappa shape index (κ2) is 12.9. The summed E-state index contributed by atoms with van der Waals surface area (Å²) in [7, 11) is 0. The first kappa shape index (κ1) is 33.8. The maximum atomic E-state index is 2.86. The molecule has 0 unspecified atom stereocenters. The quantitative estimate of drug-likeness (QED) is 0.161. The van der Waals surface area contributed by atoms with E-state index in [1.165, 1.54) is 55.6 Å². The van der Waals surface area contributed by atoms with Crippen LogP contribution in [0.5, 0.6) is 0 Å². The van der Waals surface area contributed by atoms with E-state index >= 15 is 0 Å². The molecule has 5 aromatic carbocycles. The van der Waals surface area contributed by atoms with Crippen LogP contribution in [0, 0.1) is 0 Å². The number of rotatable bonds is 6. The van der Waals surface area contributed by atoms with Gasteiger partial charge in [0.1, 0.15) is 0 Å². The molecule has 0 saturated heterocycles. The van der Waals surface area contributed by atoms with Crippen molar-refractivity contribution in [1.82, 2.24) is 0 Å². The van der Waals surface area contributed by atoms with E-state index < -0.39 is 21.3 Å². The standard InChI is InChI=1S/C33H33.C10H12.C5H5.Zr/c1-32(2,3)30-20-26-24(18-28(30)22-13-9-7-10-14-22)17-25-19-29(23-15-11-8-12-16-23)31(21-27(25)26)33(4,5)6;1-10(2,3)9-7-5-4-6-8-9;1-2-4-5-3-1;/h7-16,18,20-21H,17H2,1-6H3;1,4-8H,2-3H3;1-3H,4H2;. The molecule has 0 fully saturated rings. The van der Waals surface area contributed by atoms with E-state index in [9.17, 15) is 0 Å². The van der Waals surface area contributed by atoms with E-state index in [-0.39, 0.29) is 16.2 Å². The van der Waals surface area contributed by atoms with Gasteiger partial charge < -0.3 is 0 Å². The fraction of sp³-hybridized carbons (Fsp3) is 0.271. The summed E-state index contributed by atoms with van der Waals surface area (Å²) in [5.41, 5.74) is 15.7. The van der Waals surface area contributed by atoms with Crippen molar-refractivity contribution in [1.29, 1.82) is 0 Å². The zero-order valence-electron chi connectivity index (χ0n) is 30.6. The van der Waals surface area contributed by atoms with Crippen LogP contribution >= 0.6 is 0 Å². The van der Waals surface area contributed by atoms with Crippen LogP contribution in [0.25, 0.3) is 33.4 Å². The zero-order chi connectivity index (χ0) is 34.6. The molecule has 1 heteroatoms. The summed E-state index contributed by atoms with van der Waals surface area (Å²) in [6.07, 6.45) is 9.22. The fourth-order valence-corrected chi connectivity index (χ4v) is 15.9. The summed E-state index contributed by atoms with van der Waals surface area (Å²) >= 11 is -2.71. The van der Waals surface area contributed by atoms with E-state index in [4.69, 9.17) is 0 Å². The fourth-order valence-electron chi connectivity index (χ4n) is 7.93. The number of hydrogen-bond acceptors (Lipinski definition) is 0. The minimum absolute atomic E-state index is 0.0113. The van der Waals surface area contributed by atoms with E-state index in [0.717, 1.165) is 12.8 Å². The normalized spacial score (nSPS) is 14.5. The Hall–Kier alpha value is -3.67. The molecule has 246 valence electrons. The Morgan fingerprint density at radius 3 is 1.73 bits per heavy atom. The topological polar surface area (TPSA) is 0 Å². The Morgan fingerprint density at radius 1 is 0.592 bits per heavy atom. The minimum atomic E-state index is -2.71. The first-order valence-corrected chi connectivity index (χ1v) is 21.8. The molecular formula is C48H50Zr. The van der Waals surface area contributed by atoms with Gasteiger partial charge >= 0.3 is 305 Å². The molecule has 0 saturated carbocycles. The van der Waals surface area contributed by atoms with Gasteiger partial charge in [0, 0.05) is 0 Å². The Balaban J connectivity index is 1.59. The van der Waals surface area contributed by atoms with Crippen LogP contribution in [0.3, 0.4) is 0 Å². The molecule has 0 heterocycles. The van der Waals surface area contributed by atoms with Crippen molar-refractivity contribution in [3.05, 3.63) is 159 Å². The number of hydrogen-bond donors (Lipinski definition) is 0. The van der Waals surface area contributed by atoms with Gasteiger partial charge in [-0.1, -0.05) is 0 Å². The predicted octanol–water partition coefficient (Wildman–Crippen LogP) is 12.1. The van der Waals surface area contributed by atoms with Crippen LogP contribution in [0.15, 0.2) is 131 Å². The van der Waals surface area contributed by atoms with Crippen LogP contribution < -0.4 is 3.27 Å².